The number of nitrogen functional groups attached to an aromatic ring is 1. The number of hydrogen-bond donors (Lipinski definition) is 2. The van der Waals surface area contributed by atoms with Crippen LogP contribution in [0.25, 0.3) is 11.3 Å². The topological polar surface area (TPSA) is 113 Å². The molecule has 0 bridgehead atoms. The molecule has 5 rings (SSSR count). The van der Waals surface area contributed by atoms with Gasteiger partial charge in [-0.05, 0) is 24.7 Å². The zero-order chi connectivity index (χ0) is 24.9. The van der Waals surface area contributed by atoms with E-state index in [1.807, 2.05) is 23.0 Å². The maximum Gasteiger partial charge on any atom is 0.278 e. The molecule has 2 aliphatic heterocycles. The van der Waals surface area contributed by atoms with Gasteiger partial charge in [-0.15, -0.1) is 0 Å². The van der Waals surface area contributed by atoms with E-state index in [-0.39, 0.29) is 11.5 Å². The van der Waals surface area contributed by atoms with Crippen molar-refractivity contribution in [3.05, 3.63) is 60.2 Å². The molecule has 11 heteroatoms. The van der Waals surface area contributed by atoms with E-state index in [2.05, 4.69) is 42.2 Å². The van der Waals surface area contributed by atoms with E-state index in [9.17, 15) is 4.79 Å². The average Bonchev–Trinajstić information content (AvgIpc) is 2.91. The number of aromatic nitrogens is 3. The minimum absolute atomic E-state index is 0.0729. The second-order valence-corrected chi connectivity index (χ2v) is 8.94. The molecule has 2 radical (unpaired) electrons. The van der Waals surface area contributed by atoms with Crippen molar-refractivity contribution in [2.45, 2.75) is 6.54 Å². The molecular formula is C25H29BN8O2. The van der Waals surface area contributed by atoms with Gasteiger partial charge in [0, 0.05) is 44.5 Å². The molecule has 36 heavy (non-hydrogen) atoms. The van der Waals surface area contributed by atoms with Gasteiger partial charge in [0.05, 0.1) is 42.7 Å². The van der Waals surface area contributed by atoms with Crippen molar-refractivity contribution >= 4 is 31.1 Å². The Morgan fingerprint density at radius 2 is 1.78 bits per heavy atom. The first kappa shape index (κ1) is 24.2. The largest absolute Gasteiger partial charge is 0.382 e. The van der Waals surface area contributed by atoms with Crippen LogP contribution in [0.3, 0.4) is 0 Å². The molecule has 0 unspecified atom stereocenters. The smallest absolute Gasteiger partial charge is 0.278 e. The SMILES string of the molecule is [B]N1CCN(Cc2ccc(-c3cnc(N)c(C(=O)Nc4cnccc4N4CCOCC4)n3)cc2)CC1. The molecule has 184 valence electrons. The lowest BCUT2D eigenvalue weighted by molar-refractivity contribution is 0.102. The van der Waals surface area contributed by atoms with Gasteiger partial charge in [-0.25, -0.2) is 9.97 Å². The summed E-state index contributed by atoms with van der Waals surface area (Å²) in [5, 5.41) is 2.92. The number of pyridine rings is 1. The number of ether oxygens (including phenoxy) is 1. The van der Waals surface area contributed by atoms with Crippen LogP contribution in [0.4, 0.5) is 17.2 Å². The summed E-state index contributed by atoms with van der Waals surface area (Å²) in [6.45, 7) is 7.26. The van der Waals surface area contributed by atoms with Crippen LogP contribution in [-0.4, -0.2) is 91.0 Å². The van der Waals surface area contributed by atoms with Crippen LogP contribution >= 0.6 is 0 Å². The number of piperazine rings is 1. The number of nitrogens with one attached hydrogen (secondary N) is 1. The molecule has 10 nitrogen and oxygen atoms in total. The molecule has 1 amide bonds. The minimum Gasteiger partial charge on any atom is -0.382 e. The number of morpholine rings is 1. The number of rotatable bonds is 6. The first-order valence-corrected chi connectivity index (χ1v) is 12.1. The summed E-state index contributed by atoms with van der Waals surface area (Å²) < 4.78 is 5.44. The third-order valence-corrected chi connectivity index (χ3v) is 6.48. The summed E-state index contributed by atoms with van der Waals surface area (Å²) in [6, 6.07) is 10.0. The van der Waals surface area contributed by atoms with Crippen molar-refractivity contribution in [3.63, 3.8) is 0 Å². The van der Waals surface area contributed by atoms with Crippen LogP contribution in [0.1, 0.15) is 16.1 Å². The van der Waals surface area contributed by atoms with Crippen LogP contribution < -0.4 is 16.0 Å². The average molecular weight is 484 g/mol. The van der Waals surface area contributed by atoms with Gasteiger partial charge in [-0.1, -0.05) is 24.3 Å². The van der Waals surface area contributed by atoms with E-state index >= 15 is 0 Å². The second kappa shape index (κ2) is 11.0. The van der Waals surface area contributed by atoms with Crippen molar-refractivity contribution in [1.29, 1.82) is 0 Å². The predicted molar refractivity (Wildman–Crippen MR) is 140 cm³/mol. The molecule has 0 atom stereocenters. The third-order valence-electron chi connectivity index (χ3n) is 6.48. The summed E-state index contributed by atoms with van der Waals surface area (Å²) in [4.78, 5) is 32.5. The number of carbonyl (C=O) groups is 1. The normalized spacial score (nSPS) is 17.2. The number of benzene rings is 1. The standard InChI is InChI=1S/C25H29BN8O2/c26-34-9-7-32(8-10-34)17-18-1-3-19(4-2-18)20-16-29-24(27)23(30-20)25(35)31-21-15-28-6-5-22(21)33-11-13-36-14-12-33/h1-6,15-16H,7-14,17H2,(H2,27,29)(H,31,35). The van der Waals surface area contributed by atoms with Gasteiger partial charge in [-0.2, -0.15) is 0 Å². The van der Waals surface area contributed by atoms with Crippen molar-refractivity contribution in [2.24, 2.45) is 0 Å². The molecule has 2 aliphatic rings. The fourth-order valence-electron chi connectivity index (χ4n) is 4.41. The number of amides is 1. The van der Waals surface area contributed by atoms with Gasteiger partial charge in [0.1, 0.15) is 0 Å². The summed E-state index contributed by atoms with van der Waals surface area (Å²) >= 11 is 0. The number of anilines is 3. The highest BCUT2D eigenvalue weighted by atomic mass is 16.5. The van der Waals surface area contributed by atoms with E-state index in [1.54, 1.807) is 18.6 Å². The summed E-state index contributed by atoms with van der Waals surface area (Å²) in [7, 11) is 5.85. The van der Waals surface area contributed by atoms with Gasteiger partial charge in [0.15, 0.2) is 19.5 Å². The van der Waals surface area contributed by atoms with Gasteiger partial charge in [0.2, 0.25) is 0 Å². The van der Waals surface area contributed by atoms with Crippen LogP contribution in [0.5, 0.6) is 0 Å². The summed E-state index contributed by atoms with van der Waals surface area (Å²) in [5.41, 5.74) is 10.2. The van der Waals surface area contributed by atoms with Gasteiger partial charge in [0.25, 0.3) is 5.91 Å². The second-order valence-electron chi connectivity index (χ2n) is 8.94. The molecule has 0 spiro atoms. The lowest BCUT2D eigenvalue weighted by Crippen LogP contribution is -2.44. The van der Waals surface area contributed by atoms with Crippen molar-refractivity contribution in [2.75, 3.05) is 68.4 Å². The van der Waals surface area contributed by atoms with Crippen LogP contribution in [0.2, 0.25) is 0 Å². The first-order valence-electron chi connectivity index (χ1n) is 12.1. The Bertz CT molecular complexity index is 1190. The summed E-state index contributed by atoms with van der Waals surface area (Å²) in [5.74, 6) is -0.358. The molecule has 2 aromatic heterocycles. The lowest BCUT2D eigenvalue weighted by Gasteiger charge is -2.32. The van der Waals surface area contributed by atoms with E-state index in [4.69, 9.17) is 18.5 Å². The molecular weight excluding hydrogens is 455 g/mol. The first-order chi connectivity index (χ1) is 17.6. The van der Waals surface area contributed by atoms with Crippen molar-refractivity contribution < 1.29 is 9.53 Å². The Labute approximate surface area is 211 Å². The molecule has 4 heterocycles. The molecule has 2 fully saturated rings. The number of nitrogens with two attached hydrogens (primary N) is 1. The Morgan fingerprint density at radius 3 is 2.53 bits per heavy atom. The maximum absolute atomic E-state index is 13.2. The molecule has 1 aromatic carbocycles. The quantitative estimate of drug-likeness (QED) is 0.502. The highest BCUT2D eigenvalue weighted by molar-refractivity contribution is 6.07. The van der Waals surface area contributed by atoms with Crippen molar-refractivity contribution in [1.82, 2.24) is 24.7 Å². The molecule has 0 saturated carbocycles. The third kappa shape index (κ3) is 5.64. The fraction of sp³-hybridized carbons (Fsp3) is 0.360. The van der Waals surface area contributed by atoms with E-state index in [0.29, 0.717) is 24.6 Å². The highest BCUT2D eigenvalue weighted by Crippen LogP contribution is 2.27. The number of carbonyl (C=O) groups excluding carboxylic acids is 1. The maximum atomic E-state index is 13.2. The summed E-state index contributed by atoms with van der Waals surface area (Å²) in [6.07, 6.45) is 4.92. The van der Waals surface area contributed by atoms with E-state index < -0.39 is 5.91 Å². The van der Waals surface area contributed by atoms with E-state index in [0.717, 1.165) is 57.1 Å². The Kier molecular flexibility index (Phi) is 7.40. The van der Waals surface area contributed by atoms with Gasteiger partial charge >= 0.3 is 0 Å². The molecule has 0 aliphatic carbocycles. The van der Waals surface area contributed by atoms with Crippen LogP contribution in [0, 0.1) is 0 Å². The Balaban J connectivity index is 1.30. The van der Waals surface area contributed by atoms with Gasteiger partial charge < -0.3 is 25.5 Å². The Morgan fingerprint density at radius 1 is 1.03 bits per heavy atom. The minimum atomic E-state index is -0.431. The zero-order valence-corrected chi connectivity index (χ0v) is 20.1. The van der Waals surface area contributed by atoms with E-state index in [1.165, 1.54) is 5.56 Å². The molecule has 2 saturated heterocycles. The zero-order valence-electron chi connectivity index (χ0n) is 20.1. The lowest BCUT2D eigenvalue weighted by atomic mass is 10.1. The fourth-order valence-corrected chi connectivity index (χ4v) is 4.41. The van der Waals surface area contributed by atoms with Crippen molar-refractivity contribution in [3.8, 4) is 11.3 Å². The van der Waals surface area contributed by atoms with Crippen LogP contribution in [0.15, 0.2) is 48.9 Å². The molecule has 3 aromatic rings. The van der Waals surface area contributed by atoms with Gasteiger partial charge in [-0.3, -0.25) is 14.7 Å². The number of nitrogens with zero attached hydrogens (tertiary/aromatic N) is 6. The number of hydrogen-bond acceptors (Lipinski definition) is 9. The Hall–Kier alpha value is -3.54. The predicted octanol–water partition coefficient (Wildman–Crippen LogP) is 1.41. The molecule has 3 N–H and O–H groups in total. The highest BCUT2D eigenvalue weighted by Gasteiger charge is 2.20. The van der Waals surface area contributed by atoms with Crippen LogP contribution in [-0.2, 0) is 11.3 Å². The monoisotopic (exact) mass is 484 g/mol.